The lowest BCUT2D eigenvalue weighted by molar-refractivity contribution is -0.384. The number of hydrogen-bond donors (Lipinski definition) is 0. The number of nitro benzene ring substituents is 1. The van der Waals surface area contributed by atoms with Crippen LogP contribution in [-0.2, 0) is 22.5 Å². The van der Waals surface area contributed by atoms with Gasteiger partial charge in [-0.2, -0.15) is 4.99 Å². The van der Waals surface area contributed by atoms with Gasteiger partial charge in [-0.25, -0.2) is 0 Å². The minimum absolute atomic E-state index is 0.000469. The molecule has 7 nitrogen and oxygen atoms in total. The van der Waals surface area contributed by atoms with Crippen LogP contribution >= 0.6 is 11.3 Å². The van der Waals surface area contributed by atoms with Crippen LogP contribution in [0.3, 0.4) is 0 Å². The van der Waals surface area contributed by atoms with Gasteiger partial charge < -0.3 is 9.30 Å². The first-order chi connectivity index (χ1) is 14.5. The Hall–Kier alpha value is -3.36. The zero-order valence-electron chi connectivity index (χ0n) is 16.3. The number of nitrogens with zero attached hydrogens (tertiary/aromatic N) is 3. The summed E-state index contributed by atoms with van der Waals surface area (Å²) in [7, 11) is 1.58. The third-order valence-electron chi connectivity index (χ3n) is 4.78. The first kappa shape index (κ1) is 19.9. The predicted octanol–water partition coefficient (Wildman–Crippen LogP) is 4.08. The number of methoxy groups -OCH3 is 1. The van der Waals surface area contributed by atoms with Crippen LogP contribution in [0.25, 0.3) is 21.0 Å². The Kier molecular flexibility index (Phi) is 5.69. The van der Waals surface area contributed by atoms with Crippen LogP contribution in [0, 0.1) is 10.1 Å². The monoisotopic (exact) mass is 421 g/mol. The quantitative estimate of drug-likeness (QED) is 0.347. The van der Waals surface area contributed by atoms with Gasteiger partial charge in [0.1, 0.15) is 0 Å². The number of amides is 1. The smallest absolute Gasteiger partial charge is 0.271 e. The molecule has 30 heavy (non-hydrogen) atoms. The van der Waals surface area contributed by atoms with E-state index in [4.69, 9.17) is 4.74 Å². The summed E-state index contributed by atoms with van der Waals surface area (Å²) in [4.78, 5) is 28.2. The van der Waals surface area contributed by atoms with Crippen LogP contribution in [-0.4, -0.2) is 29.1 Å². The maximum atomic E-state index is 12.7. The molecule has 0 aliphatic rings. The molecule has 0 radical (unpaired) electrons. The van der Waals surface area contributed by atoms with Crippen molar-refractivity contribution in [3.8, 4) is 0 Å². The molecule has 1 heterocycles. The number of hydrogen-bond acceptors (Lipinski definition) is 5. The van der Waals surface area contributed by atoms with Gasteiger partial charge in [0.25, 0.3) is 11.6 Å². The first-order valence-electron chi connectivity index (χ1n) is 9.37. The summed E-state index contributed by atoms with van der Waals surface area (Å²) in [5.41, 5.74) is 1.56. The summed E-state index contributed by atoms with van der Waals surface area (Å²) in [5, 5.41) is 13.3. The molecular formula is C22H19N3O4S. The van der Waals surface area contributed by atoms with Gasteiger partial charge in [0.05, 0.1) is 28.2 Å². The van der Waals surface area contributed by atoms with Crippen molar-refractivity contribution in [2.24, 2.45) is 4.99 Å². The lowest BCUT2D eigenvalue weighted by Gasteiger charge is -2.04. The van der Waals surface area contributed by atoms with Gasteiger partial charge in [0.2, 0.25) is 0 Å². The van der Waals surface area contributed by atoms with Crippen molar-refractivity contribution in [1.29, 1.82) is 0 Å². The maximum Gasteiger partial charge on any atom is 0.271 e. The van der Waals surface area contributed by atoms with Crippen molar-refractivity contribution >= 4 is 43.9 Å². The number of non-ortho nitro benzene ring substituents is 1. The minimum atomic E-state index is -0.431. The molecule has 0 saturated heterocycles. The Labute approximate surface area is 176 Å². The summed E-state index contributed by atoms with van der Waals surface area (Å²) in [5.74, 6) is -0.266. The molecule has 0 fully saturated rings. The maximum absolute atomic E-state index is 12.7. The molecule has 0 saturated carbocycles. The van der Waals surface area contributed by atoms with E-state index < -0.39 is 4.92 Å². The van der Waals surface area contributed by atoms with Crippen molar-refractivity contribution in [3.05, 3.63) is 81.1 Å². The summed E-state index contributed by atoms with van der Waals surface area (Å²) >= 11 is 1.33. The average Bonchev–Trinajstić information content (AvgIpc) is 3.07. The number of carbonyl (C=O) groups is 1. The highest BCUT2D eigenvalue weighted by Gasteiger charge is 2.13. The second-order valence-electron chi connectivity index (χ2n) is 6.80. The molecule has 3 aromatic carbocycles. The fourth-order valence-corrected chi connectivity index (χ4v) is 4.38. The number of aromatic nitrogens is 1. The van der Waals surface area contributed by atoms with Crippen molar-refractivity contribution in [2.75, 3.05) is 13.7 Å². The minimum Gasteiger partial charge on any atom is -0.383 e. The van der Waals surface area contributed by atoms with Gasteiger partial charge >= 0.3 is 0 Å². The molecule has 0 aliphatic carbocycles. The van der Waals surface area contributed by atoms with E-state index in [-0.39, 0.29) is 18.0 Å². The van der Waals surface area contributed by atoms with Crippen LogP contribution in [0.2, 0.25) is 0 Å². The molecule has 4 aromatic rings. The Bertz CT molecular complexity index is 1320. The number of benzene rings is 3. The van der Waals surface area contributed by atoms with Crippen molar-refractivity contribution in [3.63, 3.8) is 0 Å². The van der Waals surface area contributed by atoms with Gasteiger partial charge in [-0.1, -0.05) is 53.8 Å². The van der Waals surface area contributed by atoms with E-state index in [1.165, 1.54) is 23.5 Å². The summed E-state index contributed by atoms with van der Waals surface area (Å²) in [6, 6.07) is 18.6. The van der Waals surface area contributed by atoms with Gasteiger partial charge in [-0.3, -0.25) is 14.9 Å². The van der Waals surface area contributed by atoms with E-state index in [1.54, 1.807) is 17.7 Å². The van der Waals surface area contributed by atoms with E-state index in [9.17, 15) is 14.9 Å². The van der Waals surface area contributed by atoms with Gasteiger partial charge in [0, 0.05) is 25.8 Å². The SMILES string of the molecule is COCCn1c(=NC(=O)Cc2ccc3ccccc3c2)sc2ccc([N+](=O)[O-])cc21. The molecule has 0 spiro atoms. The highest BCUT2D eigenvalue weighted by Crippen LogP contribution is 2.23. The average molecular weight is 421 g/mol. The molecule has 1 aromatic heterocycles. The molecule has 8 heteroatoms. The van der Waals surface area contributed by atoms with Gasteiger partial charge in [0.15, 0.2) is 4.80 Å². The zero-order valence-corrected chi connectivity index (χ0v) is 17.1. The molecule has 0 aliphatic heterocycles. The molecule has 0 atom stereocenters. The predicted molar refractivity (Wildman–Crippen MR) is 117 cm³/mol. The third kappa shape index (κ3) is 4.14. The van der Waals surface area contributed by atoms with Gasteiger partial charge in [-0.05, 0) is 22.4 Å². The van der Waals surface area contributed by atoms with Crippen molar-refractivity contribution < 1.29 is 14.5 Å². The van der Waals surface area contributed by atoms with Crippen molar-refractivity contribution in [2.45, 2.75) is 13.0 Å². The topological polar surface area (TPSA) is 86.7 Å². The second-order valence-corrected chi connectivity index (χ2v) is 7.81. The van der Waals surface area contributed by atoms with Crippen LogP contribution in [0.5, 0.6) is 0 Å². The van der Waals surface area contributed by atoms with Crippen LogP contribution in [0.15, 0.2) is 65.7 Å². The lowest BCUT2D eigenvalue weighted by Crippen LogP contribution is -2.19. The standard InChI is InChI=1S/C22H19N3O4S/c1-29-11-10-24-19-14-18(25(27)28)8-9-20(19)30-22(24)23-21(26)13-15-6-7-16-4-2-3-5-17(16)12-15/h2-9,12,14H,10-11,13H2,1H3. The third-order valence-corrected chi connectivity index (χ3v) is 5.84. The fraction of sp³-hybridized carbons (Fsp3) is 0.182. The number of ether oxygens (including phenoxy) is 1. The zero-order chi connectivity index (χ0) is 21.1. The molecule has 4 rings (SSSR count). The molecule has 0 unspecified atom stereocenters. The first-order valence-corrected chi connectivity index (χ1v) is 10.2. The van der Waals surface area contributed by atoms with E-state index in [1.807, 2.05) is 42.5 Å². The van der Waals surface area contributed by atoms with Crippen molar-refractivity contribution in [1.82, 2.24) is 4.57 Å². The molecule has 0 bridgehead atoms. The van der Waals surface area contributed by atoms with Crippen LogP contribution in [0.4, 0.5) is 5.69 Å². The normalized spacial score (nSPS) is 12.0. The Morgan fingerprint density at radius 2 is 1.93 bits per heavy atom. The Morgan fingerprint density at radius 3 is 2.70 bits per heavy atom. The highest BCUT2D eigenvalue weighted by molar-refractivity contribution is 7.16. The summed E-state index contributed by atoms with van der Waals surface area (Å²) in [6.07, 6.45) is 0.184. The fourth-order valence-electron chi connectivity index (χ4n) is 3.32. The summed E-state index contributed by atoms with van der Waals surface area (Å²) < 4.78 is 7.79. The number of nitro groups is 1. The summed E-state index contributed by atoms with van der Waals surface area (Å²) in [6.45, 7) is 0.848. The molecule has 0 N–H and O–H groups in total. The van der Waals surface area contributed by atoms with E-state index in [0.717, 1.165) is 21.0 Å². The Balaban J connectivity index is 1.70. The lowest BCUT2D eigenvalue weighted by atomic mass is 10.1. The highest BCUT2D eigenvalue weighted by atomic mass is 32.1. The number of fused-ring (bicyclic) bond motifs is 2. The molecular weight excluding hydrogens is 402 g/mol. The number of rotatable bonds is 6. The van der Waals surface area contributed by atoms with Crippen LogP contribution < -0.4 is 4.80 Å². The number of thiazole rings is 1. The van der Waals surface area contributed by atoms with Crippen LogP contribution in [0.1, 0.15) is 5.56 Å². The molecule has 1 amide bonds. The molecule has 152 valence electrons. The largest absolute Gasteiger partial charge is 0.383 e. The second kappa shape index (κ2) is 8.56. The number of carbonyl (C=O) groups excluding carboxylic acids is 1. The van der Waals surface area contributed by atoms with E-state index in [0.29, 0.717) is 23.5 Å². The Morgan fingerprint density at radius 1 is 1.13 bits per heavy atom. The van der Waals surface area contributed by atoms with Gasteiger partial charge in [-0.15, -0.1) is 0 Å². The van der Waals surface area contributed by atoms with E-state index in [2.05, 4.69) is 4.99 Å². The van der Waals surface area contributed by atoms with E-state index >= 15 is 0 Å².